The van der Waals surface area contributed by atoms with Gasteiger partial charge in [-0.05, 0) is 61.9 Å². The van der Waals surface area contributed by atoms with E-state index in [4.69, 9.17) is 0 Å². The molecule has 4 nitrogen and oxygen atoms in total. The monoisotopic (exact) mass is 326 g/mol. The molecule has 1 heterocycles. The predicted molar refractivity (Wildman–Crippen MR) is 95.0 cm³/mol. The Hall–Kier alpha value is -2.27. The van der Waals surface area contributed by atoms with Gasteiger partial charge in [-0.3, -0.25) is 9.59 Å². The zero-order valence-electron chi connectivity index (χ0n) is 13.3. The van der Waals surface area contributed by atoms with Crippen LogP contribution >= 0.6 is 11.8 Å². The molecular weight excluding hydrogens is 308 g/mol. The van der Waals surface area contributed by atoms with Gasteiger partial charge in [0.15, 0.2) is 5.37 Å². The Morgan fingerprint density at radius 1 is 0.957 bits per heavy atom. The van der Waals surface area contributed by atoms with Crippen molar-refractivity contribution in [3.8, 4) is 0 Å². The van der Waals surface area contributed by atoms with E-state index in [0.717, 1.165) is 34.1 Å². The number of imide groups is 1. The van der Waals surface area contributed by atoms with Crippen molar-refractivity contribution in [3.63, 3.8) is 0 Å². The van der Waals surface area contributed by atoms with Crippen LogP contribution in [0, 0.1) is 20.8 Å². The molecule has 0 saturated carbocycles. The molecule has 0 bridgehead atoms. The third-order valence-electron chi connectivity index (χ3n) is 3.82. The first-order valence-electron chi connectivity index (χ1n) is 7.41. The second-order valence-corrected chi connectivity index (χ2v) is 6.79. The molecule has 1 aliphatic heterocycles. The van der Waals surface area contributed by atoms with E-state index in [-0.39, 0.29) is 11.1 Å². The van der Waals surface area contributed by atoms with Gasteiger partial charge < -0.3 is 5.32 Å². The topological polar surface area (TPSA) is 49.4 Å². The normalized spacial score (nSPS) is 17.7. The fraction of sp³-hybridized carbons (Fsp3) is 0.222. The summed E-state index contributed by atoms with van der Waals surface area (Å²) in [7, 11) is 0. The van der Waals surface area contributed by atoms with Crippen LogP contribution in [0.3, 0.4) is 0 Å². The van der Waals surface area contributed by atoms with E-state index < -0.39 is 5.37 Å². The first-order chi connectivity index (χ1) is 11.0. The molecule has 0 unspecified atom stereocenters. The van der Waals surface area contributed by atoms with Gasteiger partial charge in [0.2, 0.25) is 0 Å². The van der Waals surface area contributed by atoms with Crippen molar-refractivity contribution in [3.05, 3.63) is 59.2 Å². The summed E-state index contributed by atoms with van der Waals surface area (Å²) in [6, 6.07) is 13.4. The number of hydrogen-bond donors (Lipinski definition) is 1. The summed E-state index contributed by atoms with van der Waals surface area (Å²) in [5, 5.41) is 2.35. The molecule has 2 aromatic carbocycles. The Kier molecular flexibility index (Phi) is 4.13. The Labute approximate surface area is 139 Å². The third-order valence-corrected chi connectivity index (χ3v) is 4.76. The SMILES string of the molecule is Cc1ccc(N2C(=O)S[C@@H](Nc3cc(C)ccc3C)C2=O)cc1. The quantitative estimate of drug-likeness (QED) is 0.916. The number of nitrogens with one attached hydrogen (secondary N) is 1. The third kappa shape index (κ3) is 3.10. The molecule has 1 N–H and O–H groups in total. The summed E-state index contributed by atoms with van der Waals surface area (Å²) in [6.07, 6.45) is 0. The van der Waals surface area contributed by atoms with Gasteiger partial charge in [0, 0.05) is 5.69 Å². The highest BCUT2D eigenvalue weighted by Crippen LogP contribution is 2.33. The highest BCUT2D eigenvalue weighted by atomic mass is 32.2. The average molecular weight is 326 g/mol. The van der Waals surface area contributed by atoms with Gasteiger partial charge in [-0.2, -0.15) is 0 Å². The van der Waals surface area contributed by atoms with Crippen LogP contribution in [0.5, 0.6) is 0 Å². The Morgan fingerprint density at radius 3 is 2.30 bits per heavy atom. The summed E-state index contributed by atoms with van der Waals surface area (Å²) in [5.41, 5.74) is 4.74. The van der Waals surface area contributed by atoms with E-state index in [0.29, 0.717) is 5.69 Å². The Morgan fingerprint density at radius 2 is 1.61 bits per heavy atom. The van der Waals surface area contributed by atoms with Crippen LogP contribution in [0.4, 0.5) is 16.2 Å². The number of carbonyl (C=O) groups excluding carboxylic acids is 2. The van der Waals surface area contributed by atoms with Gasteiger partial charge in [-0.1, -0.05) is 29.8 Å². The van der Waals surface area contributed by atoms with E-state index in [1.54, 1.807) is 12.1 Å². The number of anilines is 2. The standard InChI is InChI=1S/C18H18N2O2S/c1-11-5-8-14(9-6-11)20-17(21)16(23-18(20)22)19-15-10-12(2)4-7-13(15)3/h4-10,16,19H,1-3H3/t16-/m1/s1. The van der Waals surface area contributed by atoms with Crippen LogP contribution in [0.25, 0.3) is 0 Å². The molecular formula is C18H18N2O2S. The van der Waals surface area contributed by atoms with Gasteiger partial charge in [0.05, 0.1) is 5.69 Å². The van der Waals surface area contributed by atoms with Crippen molar-refractivity contribution in [2.24, 2.45) is 0 Å². The number of nitrogens with zero attached hydrogens (tertiary/aromatic N) is 1. The fourth-order valence-electron chi connectivity index (χ4n) is 2.46. The van der Waals surface area contributed by atoms with Crippen LogP contribution < -0.4 is 10.2 Å². The van der Waals surface area contributed by atoms with E-state index in [9.17, 15) is 9.59 Å². The molecule has 1 fully saturated rings. The van der Waals surface area contributed by atoms with Gasteiger partial charge >= 0.3 is 0 Å². The lowest BCUT2D eigenvalue weighted by Gasteiger charge is -2.16. The molecule has 0 aromatic heterocycles. The minimum absolute atomic E-state index is 0.232. The number of amides is 2. The lowest BCUT2D eigenvalue weighted by Crippen LogP contribution is -2.34. The first-order valence-corrected chi connectivity index (χ1v) is 8.29. The van der Waals surface area contributed by atoms with Crippen LogP contribution in [-0.4, -0.2) is 16.5 Å². The molecule has 2 amide bonds. The minimum Gasteiger partial charge on any atom is -0.365 e. The zero-order valence-corrected chi connectivity index (χ0v) is 14.1. The largest absolute Gasteiger partial charge is 0.365 e. The van der Waals surface area contributed by atoms with Crippen molar-refractivity contribution < 1.29 is 9.59 Å². The molecule has 0 radical (unpaired) electrons. The maximum absolute atomic E-state index is 12.6. The highest BCUT2D eigenvalue weighted by molar-refractivity contribution is 8.16. The molecule has 5 heteroatoms. The number of carbonyl (C=O) groups is 2. The van der Waals surface area contributed by atoms with Crippen LogP contribution in [0.2, 0.25) is 0 Å². The van der Waals surface area contributed by atoms with E-state index in [1.165, 1.54) is 4.90 Å². The minimum atomic E-state index is -0.593. The maximum Gasteiger partial charge on any atom is 0.295 e. The molecule has 1 saturated heterocycles. The van der Waals surface area contributed by atoms with Gasteiger partial charge in [0.1, 0.15) is 0 Å². The number of benzene rings is 2. The molecule has 23 heavy (non-hydrogen) atoms. The summed E-state index contributed by atoms with van der Waals surface area (Å²) in [6.45, 7) is 5.94. The number of rotatable bonds is 3. The number of thioether (sulfide) groups is 1. The first kappa shape index (κ1) is 15.6. The molecule has 2 aromatic rings. The van der Waals surface area contributed by atoms with Crippen molar-refractivity contribution >= 4 is 34.3 Å². The van der Waals surface area contributed by atoms with Gasteiger partial charge in [-0.15, -0.1) is 0 Å². The predicted octanol–water partition coefficient (Wildman–Crippen LogP) is 4.25. The second-order valence-electron chi connectivity index (χ2n) is 5.74. The summed E-state index contributed by atoms with van der Waals surface area (Å²) in [5.74, 6) is -0.232. The fourth-order valence-corrected chi connectivity index (χ4v) is 3.36. The molecule has 0 spiro atoms. The second kappa shape index (κ2) is 6.08. The average Bonchev–Trinajstić information content (AvgIpc) is 2.79. The summed E-state index contributed by atoms with van der Waals surface area (Å²) < 4.78 is 0. The Bertz CT molecular complexity index is 771. The molecule has 1 aliphatic rings. The van der Waals surface area contributed by atoms with Crippen molar-refractivity contribution in [2.45, 2.75) is 26.1 Å². The van der Waals surface area contributed by atoms with Crippen LogP contribution in [-0.2, 0) is 4.79 Å². The lowest BCUT2D eigenvalue weighted by atomic mass is 10.1. The van der Waals surface area contributed by atoms with Crippen LogP contribution in [0.1, 0.15) is 16.7 Å². The molecule has 0 aliphatic carbocycles. The van der Waals surface area contributed by atoms with E-state index in [1.807, 2.05) is 51.1 Å². The lowest BCUT2D eigenvalue weighted by molar-refractivity contribution is -0.116. The highest BCUT2D eigenvalue weighted by Gasteiger charge is 2.40. The van der Waals surface area contributed by atoms with Crippen molar-refractivity contribution in [1.82, 2.24) is 0 Å². The van der Waals surface area contributed by atoms with Crippen molar-refractivity contribution in [2.75, 3.05) is 10.2 Å². The Balaban J connectivity index is 1.83. The molecule has 118 valence electrons. The van der Waals surface area contributed by atoms with E-state index in [2.05, 4.69) is 5.32 Å². The zero-order chi connectivity index (χ0) is 16.6. The molecule has 1 atom stereocenters. The maximum atomic E-state index is 12.6. The van der Waals surface area contributed by atoms with Crippen molar-refractivity contribution in [1.29, 1.82) is 0 Å². The summed E-state index contributed by atoms with van der Waals surface area (Å²) >= 11 is 1.02. The number of aryl methyl sites for hydroxylation is 3. The smallest absolute Gasteiger partial charge is 0.295 e. The van der Waals surface area contributed by atoms with Gasteiger partial charge in [-0.25, -0.2) is 4.90 Å². The van der Waals surface area contributed by atoms with E-state index >= 15 is 0 Å². The molecule has 3 rings (SSSR count). The van der Waals surface area contributed by atoms with Crippen LogP contribution in [0.15, 0.2) is 42.5 Å². The summed E-state index contributed by atoms with van der Waals surface area (Å²) in [4.78, 5) is 26.1. The van der Waals surface area contributed by atoms with Gasteiger partial charge in [0.25, 0.3) is 11.1 Å². The number of hydrogen-bond acceptors (Lipinski definition) is 4.